The fourth-order valence-corrected chi connectivity index (χ4v) is 8.41. The summed E-state index contributed by atoms with van der Waals surface area (Å²) in [6.45, 7) is 0. The number of halogens is 1. The van der Waals surface area contributed by atoms with E-state index in [1.54, 1.807) is 6.26 Å². The SMILES string of the molecule is [I-].c1ccc([P+](CCCCc2ccoc2)(c2ccccc2)c2ccccc2)cc1. The molecule has 0 aliphatic rings. The Hall–Kier alpha value is -1.90. The number of aryl methyl sites for hydroxylation is 1. The highest BCUT2D eigenvalue weighted by molar-refractivity contribution is 7.95. The van der Waals surface area contributed by atoms with Crippen LogP contribution in [0.5, 0.6) is 0 Å². The average molecular weight is 512 g/mol. The first-order chi connectivity index (χ1) is 13.9. The predicted molar refractivity (Wildman–Crippen MR) is 122 cm³/mol. The minimum atomic E-state index is -1.68. The summed E-state index contributed by atoms with van der Waals surface area (Å²) in [6, 6.07) is 35.5. The maximum atomic E-state index is 5.23. The molecule has 3 aromatic carbocycles. The summed E-state index contributed by atoms with van der Waals surface area (Å²) in [5.74, 6) is 0. The molecule has 4 aromatic rings. The van der Waals surface area contributed by atoms with E-state index in [4.69, 9.17) is 4.42 Å². The lowest BCUT2D eigenvalue weighted by atomic mass is 10.2. The van der Waals surface area contributed by atoms with Crippen LogP contribution in [0.1, 0.15) is 18.4 Å². The molecule has 0 amide bonds. The quantitative estimate of drug-likeness (QED) is 0.201. The van der Waals surface area contributed by atoms with Crippen LogP contribution in [-0.4, -0.2) is 6.16 Å². The van der Waals surface area contributed by atoms with Gasteiger partial charge in [0, 0.05) is 0 Å². The first-order valence-electron chi connectivity index (χ1n) is 9.95. The molecule has 29 heavy (non-hydrogen) atoms. The molecule has 1 heterocycles. The topological polar surface area (TPSA) is 13.1 Å². The van der Waals surface area contributed by atoms with Gasteiger partial charge in [0.05, 0.1) is 18.7 Å². The van der Waals surface area contributed by atoms with E-state index in [0.29, 0.717) is 0 Å². The highest BCUT2D eigenvalue weighted by atomic mass is 127. The molecule has 0 saturated heterocycles. The fourth-order valence-electron chi connectivity index (χ4n) is 3.99. The zero-order valence-corrected chi connectivity index (χ0v) is 19.5. The average Bonchev–Trinajstić information content (AvgIpc) is 3.30. The van der Waals surface area contributed by atoms with Crippen LogP contribution in [-0.2, 0) is 6.42 Å². The Morgan fingerprint density at radius 2 is 1.07 bits per heavy atom. The minimum Gasteiger partial charge on any atom is -1.00 e. The zero-order chi connectivity index (χ0) is 19.1. The lowest BCUT2D eigenvalue weighted by Crippen LogP contribution is -3.00. The van der Waals surface area contributed by atoms with Crippen molar-refractivity contribution >= 4 is 23.2 Å². The van der Waals surface area contributed by atoms with Gasteiger partial charge < -0.3 is 28.4 Å². The largest absolute Gasteiger partial charge is 1.00 e. The Balaban J connectivity index is 0.00000240. The summed E-state index contributed by atoms with van der Waals surface area (Å²) in [7, 11) is -1.68. The van der Waals surface area contributed by atoms with E-state index >= 15 is 0 Å². The second-order valence-corrected chi connectivity index (χ2v) is 10.7. The molecule has 0 saturated carbocycles. The minimum absolute atomic E-state index is 0. The smallest absolute Gasteiger partial charge is 0.112 e. The third-order valence-electron chi connectivity index (χ3n) is 5.38. The van der Waals surface area contributed by atoms with Gasteiger partial charge in [-0.1, -0.05) is 54.6 Å². The molecule has 0 N–H and O–H groups in total. The van der Waals surface area contributed by atoms with Crippen molar-refractivity contribution in [1.29, 1.82) is 0 Å². The zero-order valence-electron chi connectivity index (χ0n) is 16.5. The summed E-state index contributed by atoms with van der Waals surface area (Å²) in [5, 5.41) is 4.40. The second kappa shape index (κ2) is 10.8. The van der Waals surface area contributed by atoms with Crippen LogP contribution >= 0.6 is 7.26 Å². The maximum Gasteiger partial charge on any atom is 0.112 e. The van der Waals surface area contributed by atoms with E-state index in [0.717, 1.165) is 6.42 Å². The summed E-state index contributed by atoms with van der Waals surface area (Å²) in [4.78, 5) is 0. The first kappa shape index (κ1) is 21.8. The van der Waals surface area contributed by atoms with Gasteiger partial charge in [-0.25, -0.2) is 0 Å². The van der Waals surface area contributed by atoms with Crippen LogP contribution in [0, 0.1) is 0 Å². The molecule has 0 radical (unpaired) electrons. The Kier molecular flexibility index (Phi) is 8.09. The van der Waals surface area contributed by atoms with Gasteiger partial charge in [-0.15, -0.1) is 0 Å². The van der Waals surface area contributed by atoms with Crippen molar-refractivity contribution in [3.05, 3.63) is 115 Å². The van der Waals surface area contributed by atoms with Gasteiger partial charge in [0.15, 0.2) is 0 Å². The van der Waals surface area contributed by atoms with Crippen LogP contribution in [0.3, 0.4) is 0 Å². The van der Waals surface area contributed by atoms with Crippen molar-refractivity contribution in [1.82, 2.24) is 0 Å². The molecular weight excluding hydrogens is 486 g/mol. The summed E-state index contributed by atoms with van der Waals surface area (Å²) in [5.41, 5.74) is 1.29. The van der Waals surface area contributed by atoms with Crippen molar-refractivity contribution in [3.63, 3.8) is 0 Å². The number of benzene rings is 3. The van der Waals surface area contributed by atoms with Gasteiger partial charge in [0.1, 0.15) is 23.2 Å². The normalized spacial score (nSPS) is 11.0. The number of hydrogen-bond donors (Lipinski definition) is 0. The molecule has 0 unspecified atom stereocenters. The Morgan fingerprint density at radius 3 is 1.48 bits per heavy atom. The summed E-state index contributed by atoms with van der Waals surface area (Å²) in [6.07, 6.45) is 8.27. The fraction of sp³-hybridized carbons (Fsp3) is 0.154. The molecule has 148 valence electrons. The van der Waals surface area contributed by atoms with Gasteiger partial charge in [-0.05, 0) is 67.3 Å². The molecule has 3 heteroatoms. The van der Waals surface area contributed by atoms with Gasteiger partial charge in [-0.3, -0.25) is 0 Å². The molecule has 0 bridgehead atoms. The van der Waals surface area contributed by atoms with Crippen LogP contribution in [0.25, 0.3) is 0 Å². The van der Waals surface area contributed by atoms with Crippen LogP contribution in [0.2, 0.25) is 0 Å². The van der Waals surface area contributed by atoms with E-state index in [9.17, 15) is 0 Å². The van der Waals surface area contributed by atoms with E-state index in [1.807, 2.05) is 6.26 Å². The van der Waals surface area contributed by atoms with Crippen LogP contribution in [0.15, 0.2) is 114 Å². The molecule has 0 aliphatic heterocycles. The maximum absolute atomic E-state index is 5.23. The Labute approximate surface area is 191 Å². The summed E-state index contributed by atoms with van der Waals surface area (Å²) < 4.78 is 5.23. The van der Waals surface area contributed by atoms with E-state index in [1.165, 1.54) is 40.5 Å². The molecule has 0 fully saturated rings. The molecule has 0 atom stereocenters. The van der Waals surface area contributed by atoms with Crippen molar-refractivity contribution in [2.45, 2.75) is 19.3 Å². The Morgan fingerprint density at radius 1 is 0.586 bits per heavy atom. The second-order valence-electron chi connectivity index (χ2n) is 7.13. The van der Waals surface area contributed by atoms with Crippen LogP contribution in [0.4, 0.5) is 0 Å². The van der Waals surface area contributed by atoms with E-state index < -0.39 is 7.26 Å². The third kappa shape index (κ3) is 4.99. The van der Waals surface area contributed by atoms with Crippen molar-refractivity contribution < 1.29 is 28.4 Å². The monoisotopic (exact) mass is 512 g/mol. The lowest BCUT2D eigenvalue weighted by molar-refractivity contribution is -0.00000583. The van der Waals surface area contributed by atoms with Crippen LogP contribution < -0.4 is 39.9 Å². The Bertz CT molecular complexity index is 857. The molecule has 4 rings (SSSR count). The number of rotatable bonds is 8. The van der Waals surface area contributed by atoms with E-state index in [-0.39, 0.29) is 24.0 Å². The molecule has 0 spiro atoms. The highest BCUT2D eigenvalue weighted by Gasteiger charge is 2.44. The highest BCUT2D eigenvalue weighted by Crippen LogP contribution is 2.55. The number of unbranched alkanes of at least 4 members (excludes halogenated alkanes) is 1. The summed E-state index contributed by atoms with van der Waals surface area (Å²) >= 11 is 0. The van der Waals surface area contributed by atoms with Gasteiger partial charge in [-0.2, -0.15) is 0 Å². The van der Waals surface area contributed by atoms with Crippen molar-refractivity contribution in [2.75, 3.05) is 6.16 Å². The molecule has 1 aromatic heterocycles. The van der Waals surface area contributed by atoms with Gasteiger partial charge in [0.25, 0.3) is 0 Å². The lowest BCUT2D eigenvalue weighted by Gasteiger charge is -2.27. The van der Waals surface area contributed by atoms with Gasteiger partial charge in [0.2, 0.25) is 0 Å². The van der Waals surface area contributed by atoms with Gasteiger partial charge >= 0.3 is 0 Å². The standard InChI is InChI=1S/C26H26OP.HI/c1-4-13-24(14-5-1)28(25-15-6-2-7-16-25,26-17-8-3-9-18-26)21-11-10-12-23-19-20-27-22-23;/h1-9,13-20,22H,10-12,21H2;1H/q+1;/p-1. The van der Waals surface area contributed by atoms with Crippen molar-refractivity contribution in [2.24, 2.45) is 0 Å². The first-order valence-corrected chi connectivity index (χ1v) is 11.9. The number of furan rings is 1. The third-order valence-corrected chi connectivity index (χ3v) is 9.91. The molecule has 0 aliphatic carbocycles. The molecule has 1 nitrogen and oxygen atoms in total. The van der Waals surface area contributed by atoms with E-state index in [2.05, 4.69) is 97.1 Å². The number of hydrogen-bond acceptors (Lipinski definition) is 1. The molecular formula is C26H26IOP. The predicted octanol–water partition coefficient (Wildman–Crippen LogP) is 2.60. The van der Waals surface area contributed by atoms with Crippen molar-refractivity contribution in [3.8, 4) is 0 Å².